The van der Waals surface area contributed by atoms with Crippen LogP contribution in [0.1, 0.15) is 34.4 Å². The van der Waals surface area contributed by atoms with E-state index in [0.29, 0.717) is 17.0 Å². The van der Waals surface area contributed by atoms with Crippen molar-refractivity contribution in [3.63, 3.8) is 0 Å². The average molecular weight is 361 g/mol. The molecule has 0 N–H and O–H groups in total. The van der Waals surface area contributed by atoms with E-state index in [-0.39, 0.29) is 23.7 Å². The van der Waals surface area contributed by atoms with E-state index in [1.165, 1.54) is 7.11 Å². The van der Waals surface area contributed by atoms with E-state index in [1.54, 1.807) is 19.1 Å². The summed E-state index contributed by atoms with van der Waals surface area (Å²) in [5, 5.41) is 0. The first-order valence-corrected chi connectivity index (χ1v) is 8.87. The van der Waals surface area contributed by atoms with Gasteiger partial charge in [-0.1, -0.05) is 60.7 Å². The molecule has 3 aromatic carbocycles. The van der Waals surface area contributed by atoms with Crippen LogP contribution in [-0.4, -0.2) is 13.0 Å². The van der Waals surface area contributed by atoms with Crippen LogP contribution in [0.3, 0.4) is 0 Å². The van der Waals surface area contributed by atoms with Crippen molar-refractivity contribution in [1.82, 2.24) is 0 Å². The molecule has 0 radical (unpaired) electrons. The fourth-order valence-corrected chi connectivity index (χ4v) is 3.38. The molecule has 27 heavy (non-hydrogen) atoms. The van der Waals surface area contributed by atoms with E-state index in [4.69, 9.17) is 14.5 Å². The van der Waals surface area contributed by atoms with Gasteiger partial charge >= 0.3 is 0 Å². The van der Waals surface area contributed by atoms with Crippen LogP contribution in [-0.2, 0) is 4.74 Å². The second-order valence-electron chi connectivity index (χ2n) is 6.49. The summed E-state index contributed by atoms with van der Waals surface area (Å²) in [4.78, 5) is 4.83. The number of nitrogens with zero attached hydrogens (tertiary/aromatic N) is 1. The van der Waals surface area contributed by atoms with Crippen LogP contribution in [0.5, 0.6) is 5.75 Å². The third kappa shape index (κ3) is 3.19. The van der Waals surface area contributed by atoms with Gasteiger partial charge in [0.2, 0.25) is 5.90 Å². The Balaban J connectivity index is 1.78. The van der Waals surface area contributed by atoms with Crippen LogP contribution in [0.25, 0.3) is 0 Å². The summed E-state index contributed by atoms with van der Waals surface area (Å²) in [5.74, 6) is 0.284. The average Bonchev–Trinajstić information content (AvgIpc) is 3.16. The molecule has 0 saturated heterocycles. The van der Waals surface area contributed by atoms with Gasteiger partial charge in [0.05, 0.1) is 7.11 Å². The molecule has 1 heterocycles. The van der Waals surface area contributed by atoms with Crippen molar-refractivity contribution in [1.29, 1.82) is 0 Å². The molecular formula is C23H20FNO2. The van der Waals surface area contributed by atoms with Crippen molar-refractivity contribution in [2.24, 2.45) is 4.99 Å². The molecule has 4 heteroatoms. The second kappa shape index (κ2) is 7.23. The molecule has 1 aliphatic heterocycles. The third-order valence-corrected chi connectivity index (χ3v) is 4.85. The van der Waals surface area contributed by atoms with Crippen molar-refractivity contribution in [2.75, 3.05) is 7.11 Å². The Morgan fingerprint density at radius 3 is 2.15 bits per heavy atom. The van der Waals surface area contributed by atoms with Gasteiger partial charge in [0.15, 0.2) is 17.7 Å². The van der Waals surface area contributed by atoms with E-state index in [9.17, 15) is 4.39 Å². The fourth-order valence-electron chi connectivity index (χ4n) is 3.38. The minimum atomic E-state index is -0.388. The third-order valence-electron chi connectivity index (χ3n) is 4.85. The highest BCUT2D eigenvalue weighted by Crippen LogP contribution is 2.41. The first kappa shape index (κ1) is 17.3. The number of halogens is 1. The largest absolute Gasteiger partial charge is 0.494 e. The molecule has 0 spiro atoms. The smallest absolute Gasteiger partial charge is 0.217 e. The highest BCUT2D eigenvalue weighted by Gasteiger charge is 2.34. The van der Waals surface area contributed by atoms with Gasteiger partial charge < -0.3 is 9.47 Å². The van der Waals surface area contributed by atoms with Crippen LogP contribution < -0.4 is 4.74 Å². The number of aliphatic imine (C=N–C) groups is 1. The van der Waals surface area contributed by atoms with E-state index in [2.05, 4.69) is 0 Å². The molecule has 0 aromatic heterocycles. The first-order valence-electron chi connectivity index (χ1n) is 8.87. The van der Waals surface area contributed by atoms with Crippen LogP contribution in [0, 0.1) is 12.7 Å². The summed E-state index contributed by atoms with van der Waals surface area (Å²) >= 11 is 0. The molecule has 2 atom stereocenters. The summed E-state index contributed by atoms with van der Waals surface area (Å²) < 4.78 is 25.8. The van der Waals surface area contributed by atoms with Crippen LogP contribution in [0.4, 0.5) is 4.39 Å². The fraction of sp³-hybridized carbons (Fsp3) is 0.174. The van der Waals surface area contributed by atoms with E-state index < -0.39 is 0 Å². The highest BCUT2D eigenvalue weighted by molar-refractivity contribution is 5.97. The molecule has 0 fully saturated rings. The van der Waals surface area contributed by atoms with E-state index in [1.807, 2.05) is 60.7 Å². The Kier molecular flexibility index (Phi) is 4.63. The quantitative estimate of drug-likeness (QED) is 0.623. The zero-order chi connectivity index (χ0) is 18.8. The normalized spacial score (nSPS) is 18.7. The zero-order valence-corrected chi connectivity index (χ0v) is 15.2. The van der Waals surface area contributed by atoms with Crippen molar-refractivity contribution in [2.45, 2.75) is 19.1 Å². The van der Waals surface area contributed by atoms with Crippen molar-refractivity contribution in [3.8, 4) is 5.75 Å². The standard InChI is InChI=1S/C23H20FNO2/c1-15-18(13-14-19(26-2)20(15)24)23-25-21(16-9-5-3-6-10-16)22(27-23)17-11-7-4-8-12-17/h3-14,21-22H,1-2H3/t21-,22-/m1/s1. The minimum Gasteiger partial charge on any atom is -0.494 e. The molecular weight excluding hydrogens is 341 g/mol. The van der Waals surface area contributed by atoms with Crippen molar-refractivity contribution in [3.05, 3.63) is 101 Å². The number of methoxy groups -OCH3 is 1. The molecule has 3 aromatic rings. The van der Waals surface area contributed by atoms with Crippen molar-refractivity contribution >= 4 is 5.90 Å². The molecule has 1 aliphatic rings. The summed E-state index contributed by atoms with van der Waals surface area (Å²) in [6, 6.07) is 23.2. The molecule has 3 nitrogen and oxygen atoms in total. The topological polar surface area (TPSA) is 30.8 Å². The van der Waals surface area contributed by atoms with Crippen molar-refractivity contribution < 1.29 is 13.9 Å². The molecule has 0 saturated carbocycles. The Morgan fingerprint density at radius 2 is 1.52 bits per heavy atom. The summed E-state index contributed by atoms with van der Waals surface area (Å²) in [7, 11) is 1.46. The van der Waals surface area contributed by atoms with E-state index in [0.717, 1.165) is 11.1 Å². The summed E-state index contributed by atoms with van der Waals surface area (Å²) in [5.41, 5.74) is 3.21. The molecule has 0 bridgehead atoms. The van der Waals surface area contributed by atoms with Crippen LogP contribution in [0.15, 0.2) is 77.8 Å². The van der Waals surface area contributed by atoms with Gasteiger partial charge in [-0.15, -0.1) is 0 Å². The van der Waals surface area contributed by atoms with Crippen LogP contribution in [0.2, 0.25) is 0 Å². The lowest BCUT2D eigenvalue weighted by atomic mass is 9.97. The Labute approximate surface area is 158 Å². The van der Waals surface area contributed by atoms with Gasteiger partial charge in [-0.25, -0.2) is 9.38 Å². The number of hydrogen-bond acceptors (Lipinski definition) is 3. The monoisotopic (exact) mass is 361 g/mol. The predicted molar refractivity (Wildman–Crippen MR) is 104 cm³/mol. The van der Waals surface area contributed by atoms with Gasteiger partial charge in [-0.2, -0.15) is 0 Å². The molecule has 0 aliphatic carbocycles. The molecule has 0 unspecified atom stereocenters. The Morgan fingerprint density at radius 1 is 0.889 bits per heavy atom. The Hall–Kier alpha value is -3.14. The minimum absolute atomic E-state index is 0.187. The maximum absolute atomic E-state index is 14.5. The lowest BCUT2D eigenvalue weighted by Crippen LogP contribution is -2.10. The lowest BCUT2D eigenvalue weighted by molar-refractivity contribution is 0.197. The lowest BCUT2D eigenvalue weighted by Gasteiger charge is -2.18. The number of benzene rings is 3. The maximum atomic E-state index is 14.5. The van der Waals surface area contributed by atoms with Gasteiger partial charge in [0, 0.05) is 11.1 Å². The summed E-state index contributed by atoms with van der Waals surface area (Å²) in [6.07, 6.45) is -0.256. The maximum Gasteiger partial charge on any atom is 0.217 e. The predicted octanol–water partition coefficient (Wildman–Crippen LogP) is 5.40. The summed E-state index contributed by atoms with van der Waals surface area (Å²) in [6.45, 7) is 1.71. The molecule has 0 amide bonds. The van der Waals surface area contributed by atoms with Gasteiger partial charge in [-0.05, 0) is 30.2 Å². The zero-order valence-electron chi connectivity index (χ0n) is 15.2. The molecule has 4 rings (SSSR count). The van der Waals surface area contributed by atoms with Gasteiger partial charge in [0.1, 0.15) is 6.04 Å². The molecule has 136 valence electrons. The number of hydrogen-bond donors (Lipinski definition) is 0. The second-order valence-corrected chi connectivity index (χ2v) is 6.49. The SMILES string of the molecule is COc1ccc(C2=N[C@H](c3ccccc3)[C@@H](c3ccccc3)O2)c(C)c1F. The van der Waals surface area contributed by atoms with Gasteiger partial charge in [0.25, 0.3) is 0 Å². The number of rotatable bonds is 4. The van der Waals surface area contributed by atoms with Gasteiger partial charge in [-0.3, -0.25) is 0 Å². The first-order chi connectivity index (χ1) is 13.2. The highest BCUT2D eigenvalue weighted by atomic mass is 19.1. The van der Waals surface area contributed by atoms with Crippen LogP contribution >= 0.6 is 0 Å². The number of ether oxygens (including phenoxy) is 2. The van der Waals surface area contributed by atoms with E-state index >= 15 is 0 Å². The Bertz CT molecular complexity index is 970.